The summed E-state index contributed by atoms with van der Waals surface area (Å²) in [6.07, 6.45) is 3.39. The number of aromatic nitrogens is 3. The molecular weight excluding hydrogens is 254 g/mol. The SMILES string of the molecule is COc1cc(-c2nc(-c3ccncc3)no2)ccc1C. The van der Waals surface area contributed by atoms with Gasteiger partial charge in [-0.3, -0.25) is 4.98 Å². The minimum Gasteiger partial charge on any atom is -0.496 e. The first-order chi connectivity index (χ1) is 9.78. The number of benzene rings is 1. The van der Waals surface area contributed by atoms with E-state index in [0.29, 0.717) is 11.7 Å². The summed E-state index contributed by atoms with van der Waals surface area (Å²) in [5.41, 5.74) is 2.76. The van der Waals surface area contributed by atoms with Crippen molar-refractivity contribution in [2.75, 3.05) is 7.11 Å². The van der Waals surface area contributed by atoms with Crippen molar-refractivity contribution in [3.05, 3.63) is 48.3 Å². The Balaban J connectivity index is 1.98. The van der Waals surface area contributed by atoms with Crippen LogP contribution in [0.25, 0.3) is 22.8 Å². The summed E-state index contributed by atoms with van der Waals surface area (Å²) in [5.74, 6) is 1.81. The minimum absolute atomic E-state index is 0.468. The van der Waals surface area contributed by atoms with Crippen LogP contribution in [0.4, 0.5) is 0 Å². The van der Waals surface area contributed by atoms with E-state index in [2.05, 4.69) is 15.1 Å². The van der Waals surface area contributed by atoms with Gasteiger partial charge in [0, 0.05) is 23.5 Å². The topological polar surface area (TPSA) is 61.0 Å². The first-order valence-electron chi connectivity index (χ1n) is 6.17. The highest BCUT2D eigenvalue weighted by Gasteiger charge is 2.11. The van der Waals surface area contributed by atoms with Gasteiger partial charge in [0.25, 0.3) is 5.89 Å². The van der Waals surface area contributed by atoms with E-state index in [9.17, 15) is 0 Å². The third-order valence-electron chi connectivity index (χ3n) is 3.02. The number of nitrogens with zero attached hydrogens (tertiary/aromatic N) is 3. The van der Waals surface area contributed by atoms with Crippen LogP contribution in [0.3, 0.4) is 0 Å². The molecule has 0 N–H and O–H groups in total. The minimum atomic E-state index is 0.468. The van der Waals surface area contributed by atoms with E-state index < -0.39 is 0 Å². The van der Waals surface area contributed by atoms with E-state index in [1.165, 1.54) is 0 Å². The van der Waals surface area contributed by atoms with Crippen molar-refractivity contribution in [2.45, 2.75) is 6.92 Å². The van der Waals surface area contributed by atoms with Gasteiger partial charge in [0.15, 0.2) is 0 Å². The lowest BCUT2D eigenvalue weighted by Gasteiger charge is -2.04. The molecule has 5 nitrogen and oxygen atoms in total. The third kappa shape index (κ3) is 2.25. The maximum Gasteiger partial charge on any atom is 0.258 e. The van der Waals surface area contributed by atoms with Gasteiger partial charge in [-0.15, -0.1) is 0 Å². The number of rotatable bonds is 3. The van der Waals surface area contributed by atoms with Gasteiger partial charge in [-0.05, 0) is 36.8 Å². The van der Waals surface area contributed by atoms with Crippen LogP contribution in [0.15, 0.2) is 47.2 Å². The summed E-state index contributed by atoms with van der Waals surface area (Å²) < 4.78 is 10.6. The summed E-state index contributed by atoms with van der Waals surface area (Å²) in [6.45, 7) is 1.98. The molecule has 3 aromatic rings. The maximum absolute atomic E-state index is 5.31. The van der Waals surface area contributed by atoms with Crippen molar-refractivity contribution in [3.63, 3.8) is 0 Å². The van der Waals surface area contributed by atoms with Crippen LogP contribution in [-0.2, 0) is 0 Å². The third-order valence-corrected chi connectivity index (χ3v) is 3.02. The normalized spacial score (nSPS) is 10.5. The Bertz CT molecular complexity index is 723. The number of ether oxygens (including phenoxy) is 1. The number of aryl methyl sites for hydroxylation is 1. The van der Waals surface area contributed by atoms with Gasteiger partial charge in [0.1, 0.15) is 5.75 Å². The van der Waals surface area contributed by atoms with E-state index in [1.54, 1.807) is 19.5 Å². The molecule has 0 radical (unpaired) electrons. The summed E-state index contributed by atoms with van der Waals surface area (Å²) in [4.78, 5) is 8.36. The van der Waals surface area contributed by atoms with Gasteiger partial charge in [-0.25, -0.2) is 0 Å². The molecule has 0 aliphatic rings. The van der Waals surface area contributed by atoms with Crippen molar-refractivity contribution in [2.24, 2.45) is 0 Å². The Hall–Kier alpha value is -2.69. The molecular formula is C15H13N3O2. The second-order valence-corrected chi connectivity index (χ2v) is 4.34. The second-order valence-electron chi connectivity index (χ2n) is 4.34. The van der Waals surface area contributed by atoms with Crippen LogP contribution < -0.4 is 4.74 Å². The van der Waals surface area contributed by atoms with E-state index in [4.69, 9.17) is 9.26 Å². The van der Waals surface area contributed by atoms with Crippen LogP contribution >= 0.6 is 0 Å². The second kappa shape index (κ2) is 5.13. The van der Waals surface area contributed by atoms with Gasteiger partial charge in [-0.1, -0.05) is 11.2 Å². The predicted octanol–water partition coefficient (Wildman–Crippen LogP) is 3.12. The first kappa shape index (κ1) is 12.3. The average molecular weight is 267 g/mol. The van der Waals surface area contributed by atoms with Crippen molar-refractivity contribution in [1.82, 2.24) is 15.1 Å². The molecule has 3 rings (SSSR count). The predicted molar refractivity (Wildman–Crippen MR) is 74.3 cm³/mol. The van der Waals surface area contributed by atoms with E-state index in [0.717, 1.165) is 22.4 Å². The van der Waals surface area contributed by atoms with Gasteiger partial charge in [-0.2, -0.15) is 4.98 Å². The van der Waals surface area contributed by atoms with E-state index in [-0.39, 0.29) is 0 Å². The maximum atomic E-state index is 5.31. The molecule has 1 aromatic carbocycles. The molecule has 0 unspecified atom stereocenters. The van der Waals surface area contributed by atoms with Gasteiger partial charge >= 0.3 is 0 Å². The zero-order chi connectivity index (χ0) is 13.9. The molecule has 0 fully saturated rings. The first-order valence-corrected chi connectivity index (χ1v) is 6.17. The molecule has 0 atom stereocenters. The fourth-order valence-electron chi connectivity index (χ4n) is 1.91. The Kier molecular flexibility index (Phi) is 3.16. The summed E-state index contributed by atoms with van der Waals surface area (Å²) in [7, 11) is 1.64. The standard InChI is InChI=1S/C15H13N3O2/c1-10-3-4-12(9-13(10)19-2)15-17-14(18-20-15)11-5-7-16-8-6-11/h3-9H,1-2H3. The van der Waals surface area contributed by atoms with Crippen LogP contribution in [0, 0.1) is 6.92 Å². The number of hydrogen-bond donors (Lipinski definition) is 0. The summed E-state index contributed by atoms with van der Waals surface area (Å²) >= 11 is 0. The van der Waals surface area contributed by atoms with Crippen molar-refractivity contribution < 1.29 is 9.26 Å². The number of pyridine rings is 1. The lowest BCUT2D eigenvalue weighted by molar-refractivity contribution is 0.410. The lowest BCUT2D eigenvalue weighted by Crippen LogP contribution is -1.88. The summed E-state index contributed by atoms with van der Waals surface area (Å²) in [6, 6.07) is 9.46. The fraction of sp³-hybridized carbons (Fsp3) is 0.133. The highest BCUT2D eigenvalue weighted by Crippen LogP contribution is 2.27. The Morgan fingerprint density at radius 2 is 1.85 bits per heavy atom. The Morgan fingerprint density at radius 1 is 1.05 bits per heavy atom. The molecule has 0 aliphatic heterocycles. The van der Waals surface area contributed by atoms with Crippen molar-refractivity contribution >= 4 is 0 Å². The largest absolute Gasteiger partial charge is 0.496 e. The highest BCUT2D eigenvalue weighted by molar-refractivity contribution is 5.61. The molecule has 100 valence electrons. The molecule has 20 heavy (non-hydrogen) atoms. The number of methoxy groups -OCH3 is 1. The van der Waals surface area contributed by atoms with Crippen LogP contribution in [0.1, 0.15) is 5.56 Å². The summed E-state index contributed by atoms with van der Waals surface area (Å²) in [5, 5.41) is 3.99. The average Bonchev–Trinajstić information content (AvgIpc) is 2.98. The smallest absolute Gasteiger partial charge is 0.258 e. The fourth-order valence-corrected chi connectivity index (χ4v) is 1.91. The molecule has 0 saturated carbocycles. The molecule has 0 amide bonds. The van der Waals surface area contributed by atoms with Gasteiger partial charge in [0.2, 0.25) is 5.82 Å². The zero-order valence-electron chi connectivity index (χ0n) is 11.2. The Labute approximate surface area is 116 Å². The molecule has 0 spiro atoms. The number of hydrogen-bond acceptors (Lipinski definition) is 5. The van der Waals surface area contributed by atoms with E-state index in [1.807, 2.05) is 37.3 Å². The lowest BCUT2D eigenvalue weighted by atomic mass is 10.1. The molecule has 5 heteroatoms. The monoisotopic (exact) mass is 267 g/mol. The molecule has 2 aromatic heterocycles. The van der Waals surface area contributed by atoms with Crippen LogP contribution in [0.2, 0.25) is 0 Å². The quantitative estimate of drug-likeness (QED) is 0.729. The van der Waals surface area contributed by atoms with Crippen LogP contribution in [-0.4, -0.2) is 22.2 Å². The van der Waals surface area contributed by atoms with Crippen molar-refractivity contribution in [1.29, 1.82) is 0 Å². The van der Waals surface area contributed by atoms with Gasteiger partial charge < -0.3 is 9.26 Å². The van der Waals surface area contributed by atoms with Crippen molar-refractivity contribution in [3.8, 4) is 28.6 Å². The van der Waals surface area contributed by atoms with Crippen LogP contribution in [0.5, 0.6) is 5.75 Å². The van der Waals surface area contributed by atoms with Gasteiger partial charge in [0.05, 0.1) is 7.11 Å². The Morgan fingerprint density at radius 3 is 2.60 bits per heavy atom. The molecule has 0 aliphatic carbocycles. The molecule has 0 saturated heterocycles. The zero-order valence-corrected chi connectivity index (χ0v) is 11.2. The van der Waals surface area contributed by atoms with E-state index >= 15 is 0 Å². The molecule has 2 heterocycles. The highest BCUT2D eigenvalue weighted by atomic mass is 16.5. The molecule has 0 bridgehead atoms.